The molecular formula is C17H14FN3OS2. The van der Waals surface area contributed by atoms with Crippen LogP contribution in [0.4, 0.5) is 15.2 Å². The number of hydrogen-bond donors (Lipinski definition) is 1. The Morgan fingerprint density at radius 2 is 2.00 bits per heavy atom. The van der Waals surface area contributed by atoms with Gasteiger partial charge in [0.15, 0.2) is 10.1 Å². The summed E-state index contributed by atoms with van der Waals surface area (Å²) in [5, 5.41) is 12.0. The number of Topliss-reactive ketones (excluding diaryl/α,β-unsaturated/α-hetero) is 1. The van der Waals surface area contributed by atoms with Gasteiger partial charge in [-0.3, -0.25) is 4.79 Å². The Morgan fingerprint density at radius 1 is 1.21 bits per heavy atom. The maximum absolute atomic E-state index is 13.1. The first-order valence-corrected chi connectivity index (χ1v) is 8.99. The number of thioether (sulfide) groups is 1. The number of nitrogens with one attached hydrogen (secondary N) is 1. The van der Waals surface area contributed by atoms with Crippen LogP contribution in [0.25, 0.3) is 0 Å². The number of anilines is 2. The Morgan fingerprint density at radius 3 is 2.75 bits per heavy atom. The fourth-order valence-corrected chi connectivity index (χ4v) is 3.62. The van der Waals surface area contributed by atoms with Gasteiger partial charge in [0.2, 0.25) is 5.13 Å². The van der Waals surface area contributed by atoms with Crippen LogP contribution in [0.2, 0.25) is 0 Å². The van der Waals surface area contributed by atoms with Gasteiger partial charge in [-0.25, -0.2) is 4.39 Å². The largest absolute Gasteiger partial charge is 0.330 e. The van der Waals surface area contributed by atoms with E-state index in [-0.39, 0.29) is 11.5 Å². The zero-order chi connectivity index (χ0) is 16.9. The number of aromatic nitrogens is 2. The summed E-state index contributed by atoms with van der Waals surface area (Å²) in [6.45, 7) is 2.03. The molecule has 0 radical (unpaired) electrons. The topological polar surface area (TPSA) is 54.9 Å². The number of ketones is 1. The molecule has 24 heavy (non-hydrogen) atoms. The van der Waals surface area contributed by atoms with E-state index in [1.807, 2.05) is 31.2 Å². The monoisotopic (exact) mass is 359 g/mol. The predicted octanol–water partition coefficient (Wildman–Crippen LogP) is 4.70. The molecule has 0 aliphatic carbocycles. The molecule has 0 saturated heterocycles. The lowest BCUT2D eigenvalue weighted by atomic mass is 10.1. The highest BCUT2D eigenvalue weighted by Crippen LogP contribution is 2.28. The van der Waals surface area contributed by atoms with E-state index in [4.69, 9.17) is 0 Å². The van der Waals surface area contributed by atoms with Gasteiger partial charge >= 0.3 is 0 Å². The number of carbonyl (C=O) groups is 1. The Balaban J connectivity index is 1.58. The summed E-state index contributed by atoms with van der Waals surface area (Å²) >= 11 is 2.67. The predicted molar refractivity (Wildman–Crippen MR) is 95.8 cm³/mol. The number of rotatable bonds is 6. The summed E-state index contributed by atoms with van der Waals surface area (Å²) in [4.78, 5) is 12.1. The minimum absolute atomic E-state index is 0.136. The molecule has 0 saturated carbocycles. The van der Waals surface area contributed by atoms with Crippen LogP contribution >= 0.6 is 23.1 Å². The van der Waals surface area contributed by atoms with E-state index in [1.165, 1.54) is 46.9 Å². The highest BCUT2D eigenvalue weighted by Gasteiger charge is 2.11. The fourth-order valence-electron chi connectivity index (χ4n) is 1.95. The third kappa shape index (κ3) is 4.39. The molecule has 0 spiro atoms. The molecule has 1 heterocycles. The highest BCUT2D eigenvalue weighted by molar-refractivity contribution is 8.01. The SMILES string of the molecule is Cc1ccc(Nc2nnc(SCC(=O)c3cccc(F)c3)s2)cc1. The fraction of sp³-hybridized carbons (Fsp3) is 0.118. The summed E-state index contributed by atoms with van der Waals surface area (Å²) in [6.07, 6.45) is 0. The van der Waals surface area contributed by atoms with Crippen molar-refractivity contribution >= 4 is 39.7 Å². The van der Waals surface area contributed by atoms with Gasteiger partial charge in [0, 0.05) is 11.3 Å². The van der Waals surface area contributed by atoms with Crippen molar-refractivity contribution in [1.82, 2.24) is 10.2 Å². The molecule has 3 aromatic rings. The number of benzene rings is 2. The molecule has 2 aromatic carbocycles. The average molecular weight is 359 g/mol. The lowest BCUT2D eigenvalue weighted by Gasteiger charge is -2.01. The van der Waals surface area contributed by atoms with Crippen LogP contribution in [0.5, 0.6) is 0 Å². The maximum atomic E-state index is 13.1. The summed E-state index contributed by atoms with van der Waals surface area (Å²) in [5.41, 5.74) is 2.49. The molecule has 0 aliphatic rings. The van der Waals surface area contributed by atoms with Crippen molar-refractivity contribution in [3.63, 3.8) is 0 Å². The van der Waals surface area contributed by atoms with Crippen LogP contribution in [0.3, 0.4) is 0 Å². The van der Waals surface area contributed by atoms with Crippen molar-refractivity contribution < 1.29 is 9.18 Å². The molecule has 3 rings (SSSR count). The molecule has 0 bridgehead atoms. The van der Waals surface area contributed by atoms with Crippen molar-refractivity contribution in [2.75, 3.05) is 11.1 Å². The second kappa shape index (κ2) is 7.55. The number of hydrogen-bond acceptors (Lipinski definition) is 6. The van der Waals surface area contributed by atoms with Crippen LogP contribution < -0.4 is 5.32 Å². The second-order valence-electron chi connectivity index (χ2n) is 5.09. The van der Waals surface area contributed by atoms with E-state index >= 15 is 0 Å². The van der Waals surface area contributed by atoms with Crippen molar-refractivity contribution in [3.05, 3.63) is 65.5 Å². The number of nitrogens with zero attached hydrogens (tertiary/aromatic N) is 2. The number of halogens is 1. The molecule has 0 fully saturated rings. The quantitative estimate of drug-likeness (QED) is 0.510. The molecular weight excluding hydrogens is 345 g/mol. The third-order valence-electron chi connectivity index (χ3n) is 3.18. The van der Waals surface area contributed by atoms with E-state index in [0.29, 0.717) is 15.0 Å². The van der Waals surface area contributed by atoms with E-state index in [2.05, 4.69) is 15.5 Å². The van der Waals surface area contributed by atoms with E-state index in [0.717, 1.165) is 5.69 Å². The van der Waals surface area contributed by atoms with Crippen molar-refractivity contribution in [3.8, 4) is 0 Å². The molecule has 1 N–H and O–H groups in total. The summed E-state index contributed by atoms with van der Waals surface area (Å²) in [6, 6.07) is 13.7. The average Bonchev–Trinajstić information content (AvgIpc) is 3.02. The van der Waals surface area contributed by atoms with Gasteiger partial charge in [-0.1, -0.05) is 52.9 Å². The first-order valence-electron chi connectivity index (χ1n) is 7.19. The van der Waals surface area contributed by atoms with Crippen molar-refractivity contribution in [1.29, 1.82) is 0 Å². The molecule has 0 atom stereocenters. The second-order valence-corrected chi connectivity index (χ2v) is 7.29. The Kier molecular flexibility index (Phi) is 5.22. The first kappa shape index (κ1) is 16.6. The number of aryl methyl sites for hydroxylation is 1. The van der Waals surface area contributed by atoms with Crippen LogP contribution in [0.1, 0.15) is 15.9 Å². The van der Waals surface area contributed by atoms with E-state index in [1.54, 1.807) is 6.07 Å². The van der Waals surface area contributed by atoms with Crippen LogP contribution in [0.15, 0.2) is 52.9 Å². The van der Waals surface area contributed by atoms with Gasteiger partial charge in [0.25, 0.3) is 0 Å². The lowest BCUT2D eigenvalue weighted by Crippen LogP contribution is -2.02. The molecule has 7 heteroatoms. The number of carbonyl (C=O) groups excluding carboxylic acids is 1. The minimum Gasteiger partial charge on any atom is -0.330 e. The van der Waals surface area contributed by atoms with Gasteiger partial charge in [-0.15, -0.1) is 10.2 Å². The van der Waals surface area contributed by atoms with E-state index < -0.39 is 5.82 Å². The first-order chi connectivity index (χ1) is 11.6. The summed E-state index contributed by atoms with van der Waals surface area (Å²) in [5.74, 6) is -0.350. The zero-order valence-corrected chi connectivity index (χ0v) is 14.5. The van der Waals surface area contributed by atoms with Crippen molar-refractivity contribution in [2.45, 2.75) is 11.3 Å². The van der Waals surface area contributed by atoms with Gasteiger partial charge in [-0.2, -0.15) is 0 Å². The van der Waals surface area contributed by atoms with Gasteiger partial charge in [0.1, 0.15) is 5.82 Å². The Hall–Kier alpha value is -2.25. The molecule has 4 nitrogen and oxygen atoms in total. The normalized spacial score (nSPS) is 10.6. The van der Waals surface area contributed by atoms with Gasteiger partial charge < -0.3 is 5.32 Å². The highest BCUT2D eigenvalue weighted by atomic mass is 32.2. The lowest BCUT2D eigenvalue weighted by molar-refractivity contribution is 0.102. The zero-order valence-electron chi connectivity index (χ0n) is 12.8. The van der Waals surface area contributed by atoms with Gasteiger partial charge in [-0.05, 0) is 31.2 Å². The Bertz CT molecular complexity index is 849. The third-order valence-corrected chi connectivity index (χ3v) is 5.15. The molecule has 122 valence electrons. The van der Waals surface area contributed by atoms with Crippen molar-refractivity contribution in [2.24, 2.45) is 0 Å². The Labute approximate surface area is 147 Å². The van der Waals surface area contributed by atoms with Gasteiger partial charge in [0.05, 0.1) is 5.75 Å². The van der Waals surface area contributed by atoms with Crippen LogP contribution in [0, 0.1) is 12.7 Å². The van der Waals surface area contributed by atoms with Crippen LogP contribution in [-0.4, -0.2) is 21.7 Å². The molecule has 1 aromatic heterocycles. The standard InChI is InChI=1S/C17H14FN3OS2/c1-11-5-7-14(8-6-11)19-16-20-21-17(24-16)23-10-15(22)12-3-2-4-13(18)9-12/h2-9H,10H2,1H3,(H,19,20). The smallest absolute Gasteiger partial charge is 0.210 e. The molecule has 0 aliphatic heterocycles. The summed E-state index contributed by atoms with van der Waals surface area (Å²) < 4.78 is 13.8. The maximum Gasteiger partial charge on any atom is 0.210 e. The summed E-state index contributed by atoms with van der Waals surface area (Å²) in [7, 11) is 0. The molecule has 0 amide bonds. The van der Waals surface area contributed by atoms with E-state index in [9.17, 15) is 9.18 Å². The van der Waals surface area contributed by atoms with Crippen LogP contribution in [-0.2, 0) is 0 Å². The minimum atomic E-state index is -0.411. The molecule has 0 unspecified atom stereocenters.